The van der Waals surface area contributed by atoms with Crippen molar-refractivity contribution in [2.45, 2.75) is 26.0 Å². The topological polar surface area (TPSA) is 46.2 Å². The molecule has 2 atom stereocenters. The molecule has 13 heavy (non-hydrogen) atoms. The Morgan fingerprint density at radius 3 is 2.54 bits per heavy atom. The number of hydrogen-bond acceptors (Lipinski definition) is 2. The average molecular weight is 244 g/mol. The van der Waals surface area contributed by atoms with Gasteiger partial charge >= 0.3 is 0 Å². The van der Waals surface area contributed by atoms with E-state index in [9.17, 15) is 5.11 Å². The standard InChI is InChI=1S/C10H14BrNO/c1-6-5-8(11)3-4-9(6)10(12)7(2)13/h3-5,7,10,13H,12H2,1-2H3/t7-,10+/m1/s1. The SMILES string of the molecule is Cc1cc(Br)ccc1[C@@H](N)[C@@H](C)O. The molecule has 3 heteroatoms. The molecule has 0 heterocycles. The highest BCUT2D eigenvalue weighted by molar-refractivity contribution is 9.10. The van der Waals surface area contributed by atoms with Crippen molar-refractivity contribution in [2.24, 2.45) is 5.73 Å². The van der Waals surface area contributed by atoms with Crippen molar-refractivity contribution in [1.82, 2.24) is 0 Å². The van der Waals surface area contributed by atoms with E-state index in [0.717, 1.165) is 15.6 Å². The van der Waals surface area contributed by atoms with Crippen molar-refractivity contribution in [3.05, 3.63) is 33.8 Å². The lowest BCUT2D eigenvalue weighted by Crippen LogP contribution is -2.23. The highest BCUT2D eigenvalue weighted by Crippen LogP contribution is 2.22. The summed E-state index contributed by atoms with van der Waals surface area (Å²) in [5, 5.41) is 9.33. The first-order valence-corrected chi connectivity index (χ1v) is 5.01. The fourth-order valence-electron chi connectivity index (χ4n) is 1.27. The molecule has 0 aromatic heterocycles. The van der Waals surface area contributed by atoms with E-state index < -0.39 is 6.10 Å². The molecule has 3 N–H and O–H groups in total. The minimum Gasteiger partial charge on any atom is -0.391 e. The van der Waals surface area contributed by atoms with Crippen LogP contribution in [0, 0.1) is 6.92 Å². The van der Waals surface area contributed by atoms with E-state index in [1.54, 1.807) is 6.92 Å². The zero-order chi connectivity index (χ0) is 10.0. The fourth-order valence-corrected chi connectivity index (χ4v) is 1.75. The normalized spacial score (nSPS) is 15.5. The van der Waals surface area contributed by atoms with E-state index in [1.807, 2.05) is 25.1 Å². The van der Waals surface area contributed by atoms with Gasteiger partial charge in [0, 0.05) is 4.47 Å². The minimum atomic E-state index is -0.514. The van der Waals surface area contributed by atoms with Gasteiger partial charge in [0.2, 0.25) is 0 Å². The quantitative estimate of drug-likeness (QED) is 0.837. The van der Waals surface area contributed by atoms with Gasteiger partial charge in [0.05, 0.1) is 12.1 Å². The minimum absolute atomic E-state index is 0.298. The highest BCUT2D eigenvalue weighted by Gasteiger charge is 2.13. The van der Waals surface area contributed by atoms with Crippen LogP contribution in [0.25, 0.3) is 0 Å². The summed E-state index contributed by atoms with van der Waals surface area (Å²) in [6.45, 7) is 3.69. The second-order valence-corrected chi connectivity index (χ2v) is 4.18. The molecule has 0 radical (unpaired) electrons. The van der Waals surface area contributed by atoms with Gasteiger partial charge in [-0.1, -0.05) is 22.0 Å². The lowest BCUT2D eigenvalue weighted by Gasteiger charge is -2.17. The number of rotatable bonds is 2. The Labute approximate surface area is 86.9 Å². The van der Waals surface area contributed by atoms with Crippen molar-refractivity contribution >= 4 is 15.9 Å². The van der Waals surface area contributed by atoms with Crippen LogP contribution in [0.15, 0.2) is 22.7 Å². The van der Waals surface area contributed by atoms with Gasteiger partial charge in [0.1, 0.15) is 0 Å². The van der Waals surface area contributed by atoms with Crippen LogP contribution in [0.1, 0.15) is 24.1 Å². The highest BCUT2D eigenvalue weighted by atomic mass is 79.9. The maximum atomic E-state index is 9.33. The number of aryl methyl sites for hydroxylation is 1. The summed E-state index contributed by atoms with van der Waals surface area (Å²) in [6, 6.07) is 5.58. The van der Waals surface area contributed by atoms with Crippen LogP contribution in [0.4, 0.5) is 0 Å². The van der Waals surface area contributed by atoms with Crippen molar-refractivity contribution in [1.29, 1.82) is 0 Å². The summed E-state index contributed by atoms with van der Waals surface area (Å²) in [4.78, 5) is 0. The molecule has 2 nitrogen and oxygen atoms in total. The Morgan fingerprint density at radius 1 is 1.46 bits per heavy atom. The number of hydrogen-bond donors (Lipinski definition) is 2. The molecular formula is C10H14BrNO. The third-order valence-corrected chi connectivity index (χ3v) is 2.60. The molecule has 0 aliphatic rings. The molecule has 72 valence electrons. The van der Waals surface area contributed by atoms with Gasteiger partial charge in [-0.15, -0.1) is 0 Å². The second-order valence-electron chi connectivity index (χ2n) is 3.27. The predicted molar refractivity (Wildman–Crippen MR) is 57.5 cm³/mol. The number of aliphatic hydroxyl groups excluding tert-OH is 1. The van der Waals surface area contributed by atoms with E-state index in [-0.39, 0.29) is 6.04 Å². The monoisotopic (exact) mass is 243 g/mol. The number of halogens is 1. The summed E-state index contributed by atoms with van der Waals surface area (Å²) in [6.07, 6.45) is -0.514. The van der Waals surface area contributed by atoms with E-state index in [2.05, 4.69) is 15.9 Å². The van der Waals surface area contributed by atoms with Crippen molar-refractivity contribution < 1.29 is 5.11 Å². The maximum absolute atomic E-state index is 9.33. The molecule has 0 aliphatic carbocycles. The van der Waals surface area contributed by atoms with Gasteiger partial charge in [-0.2, -0.15) is 0 Å². The molecule has 0 aliphatic heterocycles. The molecule has 1 aromatic rings. The predicted octanol–water partition coefficient (Wildman–Crippen LogP) is 2.14. The third kappa shape index (κ3) is 2.53. The van der Waals surface area contributed by atoms with Crippen LogP contribution < -0.4 is 5.73 Å². The molecular weight excluding hydrogens is 230 g/mol. The zero-order valence-electron chi connectivity index (χ0n) is 7.79. The van der Waals surface area contributed by atoms with Gasteiger partial charge in [-0.3, -0.25) is 0 Å². The molecule has 0 bridgehead atoms. The third-order valence-electron chi connectivity index (χ3n) is 2.11. The van der Waals surface area contributed by atoms with Gasteiger partial charge in [0.25, 0.3) is 0 Å². The first-order valence-electron chi connectivity index (χ1n) is 4.22. The van der Waals surface area contributed by atoms with Gasteiger partial charge < -0.3 is 10.8 Å². The van der Waals surface area contributed by atoms with Crippen LogP contribution in [-0.4, -0.2) is 11.2 Å². The summed E-state index contributed by atoms with van der Waals surface area (Å²) in [7, 11) is 0. The average Bonchev–Trinajstić information content (AvgIpc) is 2.03. The molecule has 1 rings (SSSR count). The Balaban J connectivity index is 3.01. The smallest absolute Gasteiger partial charge is 0.0704 e. The lowest BCUT2D eigenvalue weighted by atomic mass is 9.99. The molecule has 0 spiro atoms. The van der Waals surface area contributed by atoms with Gasteiger partial charge in [0.15, 0.2) is 0 Å². The van der Waals surface area contributed by atoms with E-state index in [4.69, 9.17) is 5.73 Å². The Morgan fingerprint density at radius 2 is 2.08 bits per heavy atom. The summed E-state index contributed by atoms with van der Waals surface area (Å²) in [5.41, 5.74) is 7.92. The largest absolute Gasteiger partial charge is 0.391 e. The number of aliphatic hydroxyl groups is 1. The second kappa shape index (κ2) is 4.22. The summed E-state index contributed by atoms with van der Waals surface area (Å²) >= 11 is 3.38. The first kappa shape index (κ1) is 10.7. The van der Waals surface area contributed by atoms with Crippen LogP contribution in [0.5, 0.6) is 0 Å². The Kier molecular flexibility index (Phi) is 3.47. The van der Waals surface area contributed by atoms with E-state index >= 15 is 0 Å². The molecule has 1 aromatic carbocycles. The number of benzene rings is 1. The van der Waals surface area contributed by atoms with Gasteiger partial charge in [-0.25, -0.2) is 0 Å². The number of nitrogens with two attached hydrogens (primary N) is 1. The van der Waals surface area contributed by atoms with Crippen LogP contribution in [0.3, 0.4) is 0 Å². The van der Waals surface area contributed by atoms with E-state index in [0.29, 0.717) is 0 Å². The van der Waals surface area contributed by atoms with Crippen LogP contribution in [0.2, 0.25) is 0 Å². The lowest BCUT2D eigenvalue weighted by molar-refractivity contribution is 0.164. The molecule has 0 saturated carbocycles. The fraction of sp³-hybridized carbons (Fsp3) is 0.400. The van der Waals surface area contributed by atoms with Crippen molar-refractivity contribution in [3.8, 4) is 0 Å². The maximum Gasteiger partial charge on any atom is 0.0704 e. The van der Waals surface area contributed by atoms with Crippen molar-refractivity contribution in [3.63, 3.8) is 0 Å². The summed E-state index contributed by atoms with van der Waals surface area (Å²) < 4.78 is 1.03. The Hall–Kier alpha value is -0.380. The molecule has 0 fully saturated rings. The van der Waals surface area contributed by atoms with E-state index in [1.165, 1.54) is 0 Å². The van der Waals surface area contributed by atoms with Crippen LogP contribution >= 0.6 is 15.9 Å². The summed E-state index contributed by atoms with van der Waals surface area (Å²) in [5.74, 6) is 0. The zero-order valence-corrected chi connectivity index (χ0v) is 9.38. The molecule has 0 amide bonds. The molecule has 0 unspecified atom stereocenters. The molecule has 0 saturated heterocycles. The van der Waals surface area contributed by atoms with Crippen LogP contribution in [-0.2, 0) is 0 Å². The Bertz CT molecular complexity index is 299. The first-order chi connectivity index (χ1) is 6.02. The van der Waals surface area contributed by atoms with Crippen molar-refractivity contribution in [2.75, 3.05) is 0 Å². The van der Waals surface area contributed by atoms with Gasteiger partial charge in [-0.05, 0) is 37.1 Å².